The zero-order valence-corrected chi connectivity index (χ0v) is 20.7. The molecule has 1 unspecified atom stereocenters. The van der Waals surface area contributed by atoms with Crippen molar-refractivity contribution in [1.29, 1.82) is 0 Å². The summed E-state index contributed by atoms with van der Waals surface area (Å²) in [5.74, 6) is 0.663. The van der Waals surface area contributed by atoms with Crippen LogP contribution >= 0.6 is 0 Å². The van der Waals surface area contributed by atoms with E-state index < -0.39 is 22.0 Å². The third-order valence-corrected chi connectivity index (χ3v) is 6.28. The summed E-state index contributed by atoms with van der Waals surface area (Å²) in [6.45, 7) is 10.3. The minimum Gasteiger partial charge on any atom is -0.495 e. The maximum Gasteiger partial charge on any atom is 0.243 e. The molecule has 32 heavy (non-hydrogen) atoms. The van der Waals surface area contributed by atoms with Crippen molar-refractivity contribution >= 4 is 21.6 Å². The van der Waals surface area contributed by atoms with E-state index in [4.69, 9.17) is 9.47 Å². The summed E-state index contributed by atoms with van der Waals surface area (Å²) >= 11 is 0. The lowest BCUT2D eigenvalue weighted by Crippen LogP contribution is -2.48. The van der Waals surface area contributed by atoms with E-state index >= 15 is 0 Å². The number of amides is 1. The average molecular weight is 463 g/mol. The van der Waals surface area contributed by atoms with Gasteiger partial charge in [0.2, 0.25) is 15.9 Å². The van der Waals surface area contributed by atoms with Crippen LogP contribution in [-0.2, 0) is 20.2 Å². The SMILES string of the molecule is COc1ccc(C)cc1N(C(C)C(=O)NCCOc1ccc(C(C)(C)C)cc1)S(C)(=O)=O. The van der Waals surface area contributed by atoms with E-state index in [0.717, 1.165) is 16.1 Å². The van der Waals surface area contributed by atoms with Crippen LogP contribution in [0.15, 0.2) is 42.5 Å². The number of benzene rings is 2. The number of nitrogens with zero attached hydrogens (tertiary/aromatic N) is 1. The first-order valence-corrected chi connectivity index (χ1v) is 12.3. The normalized spacial score (nSPS) is 12.7. The molecular weight excluding hydrogens is 428 g/mol. The zero-order valence-electron chi connectivity index (χ0n) is 19.9. The minimum absolute atomic E-state index is 0.0636. The van der Waals surface area contributed by atoms with Crippen molar-refractivity contribution in [1.82, 2.24) is 5.32 Å². The number of nitrogens with one attached hydrogen (secondary N) is 1. The number of methoxy groups -OCH3 is 1. The largest absolute Gasteiger partial charge is 0.495 e. The molecule has 2 aromatic rings. The fourth-order valence-corrected chi connectivity index (χ4v) is 4.47. The molecule has 0 heterocycles. The molecule has 0 aliphatic rings. The highest BCUT2D eigenvalue weighted by Crippen LogP contribution is 2.32. The van der Waals surface area contributed by atoms with Gasteiger partial charge in [-0.25, -0.2) is 8.42 Å². The van der Waals surface area contributed by atoms with Crippen LogP contribution in [0.2, 0.25) is 0 Å². The molecule has 0 saturated heterocycles. The van der Waals surface area contributed by atoms with Crippen molar-refractivity contribution < 1.29 is 22.7 Å². The molecule has 2 aromatic carbocycles. The molecule has 1 N–H and O–H groups in total. The number of carbonyl (C=O) groups excluding carboxylic acids is 1. The van der Waals surface area contributed by atoms with E-state index in [1.807, 2.05) is 37.3 Å². The monoisotopic (exact) mass is 462 g/mol. The lowest BCUT2D eigenvalue weighted by molar-refractivity contribution is -0.121. The molecule has 0 aromatic heterocycles. The summed E-state index contributed by atoms with van der Waals surface area (Å²) in [6, 6.07) is 12.1. The van der Waals surface area contributed by atoms with Crippen LogP contribution in [0, 0.1) is 6.92 Å². The molecule has 0 aliphatic carbocycles. The molecular formula is C24H34N2O5S. The van der Waals surface area contributed by atoms with Gasteiger partial charge in [0.15, 0.2) is 0 Å². The van der Waals surface area contributed by atoms with Gasteiger partial charge in [-0.3, -0.25) is 9.10 Å². The van der Waals surface area contributed by atoms with Crippen LogP contribution in [0.25, 0.3) is 0 Å². The smallest absolute Gasteiger partial charge is 0.243 e. The number of carbonyl (C=O) groups is 1. The van der Waals surface area contributed by atoms with Gasteiger partial charge < -0.3 is 14.8 Å². The maximum absolute atomic E-state index is 12.7. The average Bonchev–Trinajstić information content (AvgIpc) is 2.70. The first-order valence-electron chi connectivity index (χ1n) is 10.5. The highest BCUT2D eigenvalue weighted by atomic mass is 32.2. The second kappa shape index (κ2) is 10.3. The molecule has 176 valence electrons. The van der Waals surface area contributed by atoms with Gasteiger partial charge in [0.05, 0.1) is 25.6 Å². The lowest BCUT2D eigenvalue weighted by atomic mass is 9.87. The highest BCUT2D eigenvalue weighted by molar-refractivity contribution is 7.92. The molecule has 1 atom stereocenters. The van der Waals surface area contributed by atoms with Crippen LogP contribution in [0.4, 0.5) is 5.69 Å². The van der Waals surface area contributed by atoms with E-state index in [-0.39, 0.29) is 18.6 Å². The van der Waals surface area contributed by atoms with E-state index in [0.29, 0.717) is 17.2 Å². The molecule has 0 saturated carbocycles. The van der Waals surface area contributed by atoms with Gasteiger partial charge in [-0.15, -0.1) is 0 Å². The van der Waals surface area contributed by atoms with Gasteiger partial charge in [0.25, 0.3) is 0 Å². The Balaban J connectivity index is 2.03. The van der Waals surface area contributed by atoms with Crippen LogP contribution in [-0.4, -0.2) is 46.9 Å². The molecule has 0 spiro atoms. The molecule has 0 radical (unpaired) electrons. The first kappa shape index (κ1) is 25.5. The summed E-state index contributed by atoms with van der Waals surface area (Å²) in [5.41, 5.74) is 2.45. The molecule has 8 heteroatoms. The van der Waals surface area contributed by atoms with Crippen molar-refractivity contribution in [3.63, 3.8) is 0 Å². The Morgan fingerprint density at radius 2 is 1.75 bits per heavy atom. The summed E-state index contributed by atoms with van der Waals surface area (Å²) in [5, 5.41) is 2.75. The van der Waals surface area contributed by atoms with Crippen molar-refractivity contribution in [3.05, 3.63) is 53.6 Å². The zero-order chi connectivity index (χ0) is 24.1. The van der Waals surface area contributed by atoms with Crippen LogP contribution < -0.4 is 19.1 Å². The summed E-state index contributed by atoms with van der Waals surface area (Å²) < 4.78 is 37.2. The van der Waals surface area contributed by atoms with E-state index in [1.165, 1.54) is 12.7 Å². The second-order valence-corrected chi connectivity index (χ2v) is 10.7. The lowest BCUT2D eigenvalue weighted by Gasteiger charge is -2.29. The Kier molecular flexibility index (Phi) is 8.18. The molecule has 1 amide bonds. The Morgan fingerprint density at radius 3 is 2.28 bits per heavy atom. The minimum atomic E-state index is -3.74. The third-order valence-electron chi connectivity index (χ3n) is 5.05. The Bertz CT molecular complexity index is 1030. The molecule has 0 bridgehead atoms. The molecule has 7 nitrogen and oxygen atoms in total. The third kappa shape index (κ3) is 6.63. The number of rotatable bonds is 9. The quantitative estimate of drug-likeness (QED) is 0.575. The Morgan fingerprint density at radius 1 is 1.12 bits per heavy atom. The summed E-state index contributed by atoms with van der Waals surface area (Å²) in [4.78, 5) is 12.7. The fraction of sp³-hybridized carbons (Fsp3) is 0.458. The topological polar surface area (TPSA) is 84.9 Å². The van der Waals surface area contributed by atoms with E-state index in [2.05, 4.69) is 26.1 Å². The fourth-order valence-electron chi connectivity index (χ4n) is 3.30. The van der Waals surface area contributed by atoms with E-state index in [9.17, 15) is 13.2 Å². The van der Waals surface area contributed by atoms with Gasteiger partial charge in [-0.2, -0.15) is 0 Å². The van der Waals surface area contributed by atoms with Gasteiger partial charge in [0, 0.05) is 0 Å². The van der Waals surface area contributed by atoms with Crippen LogP contribution in [0.5, 0.6) is 11.5 Å². The molecule has 0 aliphatic heterocycles. The van der Waals surface area contributed by atoms with Crippen LogP contribution in [0.1, 0.15) is 38.8 Å². The van der Waals surface area contributed by atoms with Crippen molar-refractivity contribution in [2.75, 3.05) is 30.8 Å². The number of anilines is 1. The summed E-state index contributed by atoms with van der Waals surface area (Å²) in [7, 11) is -2.28. The van der Waals surface area contributed by atoms with Crippen LogP contribution in [0.3, 0.4) is 0 Å². The number of aryl methyl sites for hydroxylation is 1. The van der Waals surface area contributed by atoms with E-state index in [1.54, 1.807) is 19.1 Å². The maximum atomic E-state index is 12.7. The predicted octanol–water partition coefficient (Wildman–Crippen LogP) is 3.65. The van der Waals surface area contributed by atoms with Gasteiger partial charge in [-0.1, -0.05) is 39.0 Å². The first-order chi connectivity index (χ1) is 14.8. The van der Waals surface area contributed by atoms with Gasteiger partial charge in [0.1, 0.15) is 24.1 Å². The summed E-state index contributed by atoms with van der Waals surface area (Å²) in [6.07, 6.45) is 1.07. The number of hydrogen-bond acceptors (Lipinski definition) is 5. The number of sulfonamides is 1. The Labute approximate surface area is 191 Å². The highest BCUT2D eigenvalue weighted by Gasteiger charge is 2.31. The Hall–Kier alpha value is -2.74. The van der Waals surface area contributed by atoms with Crippen molar-refractivity contribution in [2.24, 2.45) is 0 Å². The van der Waals surface area contributed by atoms with Gasteiger partial charge >= 0.3 is 0 Å². The number of hydrogen-bond donors (Lipinski definition) is 1. The van der Waals surface area contributed by atoms with Crippen molar-refractivity contribution in [2.45, 2.75) is 46.1 Å². The second-order valence-electron chi connectivity index (χ2n) is 8.82. The predicted molar refractivity (Wildman–Crippen MR) is 128 cm³/mol. The standard InChI is InChI=1S/C24H34N2O5S/c1-17-8-13-22(30-6)21(16-17)26(32(7,28)29)18(2)23(27)25-14-15-31-20-11-9-19(10-12-20)24(3,4)5/h8-13,16,18H,14-15H2,1-7H3,(H,25,27). The van der Waals surface area contributed by atoms with Crippen molar-refractivity contribution in [3.8, 4) is 11.5 Å². The molecule has 0 fully saturated rings. The molecule has 2 rings (SSSR count). The number of ether oxygens (including phenoxy) is 2. The van der Waals surface area contributed by atoms with Gasteiger partial charge in [-0.05, 0) is 54.7 Å².